The Labute approximate surface area is 61.1 Å². The van der Waals surface area contributed by atoms with Crippen molar-refractivity contribution in [1.29, 1.82) is 0 Å². The van der Waals surface area contributed by atoms with Gasteiger partial charge in [-0.1, -0.05) is 0 Å². The first-order valence-electron chi connectivity index (χ1n) is 3.82. The Morgan fingerprint density at radius 1 is 1.50 bits per heavy atom. The molecule has 0 unspecified atom stereocenters. The molecule has 0 bridgehead atoms. The monoisotopic (exact) mass is 145 g/mol. The van der Waals surface area contributed by atoms with Gasteiger partial charge in [0.05, 0.1) is 12.7 Å². The van der Waals surface area contributed by atoms with Crippen LogP contribution in [0.1, 0.15) is 12.8 Å². The van der Waals surface area contributed by atoms with Crippen molar-refractivity contribution in [1.82, 2.24) is 5.32 Å². The molecule has 3 N–H and O–H groups in total. The van der Waals surface area contributed by atoms with Crippen molar-refractivity contribution < 1.29 is 10.2 Å². The van der Waals surface area contributed by atoms with Crippen LogP contribution in [0.2, 0.25) is 0 Å². The van der Waals surface area contributed by atoms with Gasteiger partial charge in [0, 0.05) is 6.54 Å². The molecule has 1 saturated carbocycles. The van der Waals surface area contributed by atoms with Crippen LogP contribution < -0.4 is 5.32 Å². The second-order valence-corrected chi connectivity index (χ2v) is 2.94. The van der Waals surface area contributed by atoms with Crippen LogP contribution in [0.15, 0.2) is 0 Å². The largest absolute Gasteiger partial charge is 0.394 e. The molecule has 3 heteroatoms. The normalized spacial score (nSPS) is 21.0. The van der Waals surface area contributed by atoms with E-state index in [0.717, 1.165) is 12.5 Å². The molecular formula is C7H15NO2. The fraction of sp³-hybridized carbons (Fsp3) is 1.00. The van der Waals surface area contributed by atoms with E-state index in [2.05, 4.69) is 5.32 Å². The van der Waals surface area contributed by atoms with Crippen LogP contribution in [0, 0.1) is 5.92 Å². The Bertz CT molecular complexity index is 93.6. The average Bonchev–Trinajstić information content (AvgIpc) is 2.71. The molecule has 0 aromatic heterocycles. The smallest absolute Gasteiger partial charge is 0.0894 e. The quantitative estimate of drug-likeness (QED) is 0.481. The maximum Gasteiger partial charge on any atom is 0.0894 e. The molecule has 0 aromatic carbocycles. The molecule has 3 nitrogen and oxygen atoms in total. The van der Waals surface area contributed by atoms with Gasteiger partial charge in [-0.15, -0.1) is 0 Å². The first kappa shape index (κ1) is 7.98. The van der Waals surface area contributed by atoms with Gasteiger partial charge in [-0.25, -0.2) is 0 Å². The van der Waals surface area contributed by atoms with E-state index < -0.39 is 6.10 Å². The molecule has 0 heterocycles. The number of aliphatic hydroxyl groups excluding tert-OH is 2. The molecule has 60 valence electrons. The van der Waals surface area contributed by atoms with Gasteiger partial charge >= 0.3 is 0 Å². The van der Waals surface area contributed by atoms with Crippen LogP contribution in [0.25, 0.3) is 0 Å². The predicted octanol–water partition coefficient (Wildman–Crippen LogP) is -0.661. The first-order chi connectivity index (χ1) is 4.83. The molecule has 1 atom stereocenters. The lowest BCUT2D eigenvalue weighted by Crippen LogP contribution is -2.30. The topological polar surface area (TPSA) is 52.5 Å². The van der Waals surface area contributed by atoms with Gasteiger partial charge in [-0.2, -0.15) is 0 Å². The summed E-state index contributed by atoms with van der Waals surface area (Å²) in [4.78, 5) is 0. The van der Waals surface area contributed by atoms with Crippen LogP contribution in [-0.2, 0) is 0 Å². The number of aliphatic hydroxyl groups is 2. The zero-order chi connectivity index (χ0) is 7.40. The number of nitrogens with one attached hydrogen (secondary N) is 1. The summed E-state index contributed by atoms with van der Waals surface area (Å²) in [5, 5.41) is 20.4. The van der Waals surface area contributed by atoms with Gasteiger partial charge in [-0.3, -0.25) is 0 Å². The van der Waals surface area contributed by atoms with Crippen molar-refractivity contribution in [2.75, 3.05) is 19.7 Å². The molecule has 0 saturated heterocycles. The van der Waals surface area contributed by atoms with Gasteiger partial charge < -0.3 is 15.5 Å². The summed E-state index contributed by atoms with van der Waals surface area (Å²) >= 11 is 0. The van der Waals surface area contributed by atoms with Crippen LogP contribution in [0.4, 0.5) is 0 Å². The Morgan fingerprint density at radius 3 is 2.70 bits per heavy atom. The van der Waals surface area contributed by atoms with E-state index >= 15 is 0 Å². The fourth-order valence-electron chi connectivity index (χ4n) is 0.841. The minimum absolute atomic E-state index is 0.141. The van der Waals surface area contributed by atoms with E-state index in [1.807, 2.05) is 0 Å². The SMILES string of the molecule is OC[C@@H](O)CNCC1CC1. The molecule has 1 rings (SSSR count). The summed E-state index contributed by atoms with van der Waals surface area (Å²) < 4.78 is 0. The third-order valence-electron chi connectivity index (χ3n) is 1.72. The number of rotatable bonds is 5. The highest BCUT2D eigenvalue weighted by atomic mass is 16.3. The van der Waals surface area contributed by atoms with Crippen LogP contribution in [-0.4, -0.2) is 36.0 Å². The van der Waals surface area contributed by atoms with Crippen LogP contribution in [0.5, 0.6) is 0 Å². The number of hydrogen-bond acceptors (Lipinski definition) is 3. The minimum atomic E-state index is -0.584. The zero-order valence-electron chi connectivity index (χ0n) is 6.08. The maximum absolute atomic E-state index is 8.88. The second-order valence-electron chi connectivity index (χ2n) is 2.94. The van der Waals surface area contributed by atoms with Crippen molar-refractivity contribution in [2.45, 2.75) is 18.9 Å². The summed E-state index contributed by atoms with van der Waals surface area (Å²) in [6.07, 6.45) is 2.06. The standard InChI is InChI=1S/C7H15NO2/c9-5-7(10)4-8-3-6-1-2-6/h6-10H,1-5H2/t7-/m0/s1. The summed E-state index contributed by atoms with van der Waals surface area (Å²) in [5.41, 5.74) is 0. The molecule has 0 aliphatic heterocycles. The van der Waals surface area contributed by atoms with E-state index in [0.29, 0.717) is 6.54 Å². The van der Waals surface area contributed by atoms with Gasteiger partial charge in [-0.05, 0) is 25.3 Å². The molecule has 0 radical (unpaired) electrons. The van der Waals surface area contributed by atoms with Crippen molar-refractivity contribution in [3.8, 4) is 0 Å². The zero-order valence-corrected chi connectivity index (χ0v) is 6.08. The third kappa shape index (κ3) is 3.15. The third-order valence-corrected chi connectivity index (χ3v) is 1.72. The van der Waals surface area contributed by atoms with Crippen LogP contribution >= 0.6 is 0 Å². The van der Waals surface area contributed by atoms with E-state index in [9.17, 15) is 0 Å². The summed E-state index contributed by atoms with van der Waals surface area (Å²) in [7, 11) is 0. The van der Waals surface area contributed by atoms with E-state index in [1.165, 1.54) is 12.8 Å². The van der Waals surface area contributed by atoms with E-state index in [1.54, 1.807) is 0 Å². The van der Waals surface area contributed by atoms with Gasteiger partial charge in [0.2, 0.25) is 0 Å². The average molecular weight is 145 g/mol. The van der Waals surface area contributed by atoms with E-state index in [4.69, 9.17) is 10.2 Å². The fourth-order valence-corrected chi connectivity index (χ4v) is 0.841. The number of hydrogen-bond donors (Lipinski definition) is 3. The van der Waals surface area contributed by atoms with Gasteiger partial charge in [0.1, 0.15) is 0 Å². The molecule has 1 fully saturated rings. The summed E-state index contributed by atoms with van der Waals surface area (Å²) in [6, 6.07) is 0. The van der Waals surface area contributed by atoms with Crippen molar-refractivity contribution in [3.63, 3.8) is 0 Å². The summed E-state index contributed by atoms with van der Waals surface area (Å²) in [6.45, 7) is 1.38. The van der Waals surface area contributed by atoms with E-state index in [-0.39, 0.29) is 6.61 Å². The Kier molecular flexibility index (Phi) is 3.12. The van der Waals surface area contributed by atoms with Crippen molar-refractivity contribution in [2.24, 2.45) is 5.92 Å². The summed E-state index contributed by atoms with van der Waals surface area (Å²) in [5.74, 6) is 0.839. The Hall–Kier alpha value is -0.120. The molecule has 10 heavy (non-hydrogen) atoms. The highest BCUT2D eigenvalue weighted by Gasteiger charge is 2.20. The highest BCUT2D eigenvalue weighted by Crippen LogP contribution is 2.27. The van der Waals surface area contributed by atoms with Crippen molar-refractivity contribution >= 4 is 0 Å². The van der Waals surface area contributed by atoms with Crippen LogP contribution in [0.3, 0.4) is 0 Å². The highest BCUT2D eigenvalue weighted by molar-refractivity contribution is 4.75. The van der Waals surface area contributed by atoms with Gasteiger partial charge in [0.15, 0.2) is 0 Å². The van der Waals surface area contributed by atoms with Crippen molar-refractivity contribution in [3.05, 3.63) is 0 Å². The maximum atomic E-state index is 8.88. The van der Waals surface area contributed by atoms with Gasteiger partial charge in [0.25, 0.3) is 0 Å². The first-order valence-corrected chi connectivity index (χ1v) is 3.82. The molecule has 1 aliphatic rings. The molecule has 1 aliphatic carbocycles. The lowest BCUT2D eigenvalue weighted by molar-refractivity contribution is 0.0943. The Morgan fingerprint density at radius 2 is 2.20 bits per heavy atom. The molecule has 0 aromatic rings. The molecular weight excluding hydrogens is 130 g/mol. The molecule has 0 amide bonds. The lowest BCUT2D eigenvalue weighted by Gasteiger charge is -2.07. The minimum Gasteiger partial charge on any atom is -0.394 e. The Balaban J connectivity index is 1.83. The second kappa shape index (κ2) is 3.91. The molecule has 0 spiro atoms. The lowest BCUT2D eigenvalue weighted by atomic mass is 10.3. The predicted molar refractivity (Wildman–Crippen MR) is 38.7 cm³/mol.